The number of aromatic nitrogens is 3. The van der Waals surface area contributed by atoms with Crippen LogP contribution in [0.5, 0.6) is 0 Å². The normalized spacial score (nSPS) is 18.0. The molecule has 0 bridgehead atoms. The van der Waals surface area contributed by atoms with Gasteiger partial charge in [-0.05, 0) is 30.5 Å². The molecule has 0 saturated carbocycles. The molecule has 3 rings (SSSR count). The molecular formula is C14H14ClN3O3. The van der Waals surface area contributed by atoms with E-state index < -0.39 is 5.97 Å². The number of ether oxygens (including phenoxy) is 1. The van der Waals surface area contributed by atoms with E-state index in [0.29, 0.717) is 23.9 Å². The van der Waals surface area contributed by atoms with Crippen LogP contribution >= 0.6 is 11.6 Å². The Kier molecular flexibility index (Phi) is 3.90. The zero-order valence-electron chi connectivity index (χ0n) is 11.2. The van der Waals surface area contributed by atoms with E-state index >= 15 is 0 Å². The van der Waals surface area contributed by atoms with Gasteiger partial charge in [-0.25, -0.2) is 9.48 Å². The number of carboxylic acid groups (broad SMARTS) is 1. The Labute approximate surface area is 126 Å². The number of hydrogen-bond donors (Lipinski definition) is 1. The maximum absolute atomic E-state index is 11.3. The molecule has 1 aromatic heterocycles. The van der Waals surface area contributed by atoms with Crippen molar-refractivity contribution >= 4 is 17.6 Å². The van der Waals surface area contributed by atoms with Crippen LogP contribution in [-0.2, 0) is 11.3 Å². The number of carbonyl (C=O) groups is 1. The van der Waals surface area contributed by atoms with Gasteiger partial charge < -0.3 is 9.84 Å². The van der Waals surface area contributed by atoms with E-state index in [4.69, 9.17) is 16.3 Å². The number of rotatable bonds is 4. The Morgan fingerprint density at radius 2 is 2.19 bits per heavy atom. The second-order valence-electron chi connectivity index (χ2n) is 4.91. The lowest BCUT2D eigenvalue weighted by Crippen LogP contribution is -2.13. The largest absolute Gasteiger partial charge is 0.476 e. The number of hydrogen-bond acceptors (Lipinski definition) is 4. The van der Waals surface area contributed by atoms with Gasteiger partial charge >= 0.3 is 5.97 Å². The summed E-state index contributed by atoms with van der Waals surface area (Å²) in [5.41, 5.74) is 1.48. The molecule has 0 amide bonds. The van der Waals surface area contributed by atoms with Gasteiger partial charge in [0.1, 0.15) is 11.8 Å². The predicted octanol–water partition coefficient (Wildman–Crippen LogP) is 2.53. The smallest absolute Gasteiger partial charge is 0.358 e. The van der Waals surface area contributed by atoms with Gasteiger partial charge in [-0.2, -0.15) is 0 Å². The van der Waals surface area contributed by atoms with Crippen molar-refractivity contribution < 1.29 is 14.6 Å². The predicted molar refractivity (Wildman–Crippen MR) is 75.5 cm³/mol. The first kappa shape index (κ1) is 14.0. The van der Waals surface area contributed by atoms with Crippen molar-refractivity contribution in [2.45, 2.75) is 25.5 Å². The van der Waals surface area contributed by atoms with Crippen LogP contribution in [0.4, 0.5) is 0 Å². The molecule has 2 aromatic rings. The SMILES string of the molecule is O=C(O)c1nnn(Cc2ccc(Cl)cc2)c1C1CCCO1. The molecule has 21 heavy (non-hydrogen) atoms. The molecular weight excluding hydrogens is 294 g/mol. The van der Waals surface area contributed by atoms with Gasteiger partial charge in [-0.15, -0.1) is 5.10 Å². The van der Waals surface area contributed by atoms with Crippen molar-refractivity contribution in [2.75, 3.05) is 6.61 Å². The van der Waals surface area contributed by atoms with Crippen molar-refractivity contribution in [3.63, 3.8) is 0 Å². The molecule has 0 spiro atoms. The molecule has 6 nitrogen and oxygen atoms in total. The summed E-state index contributed by atoms with van der Waals surface area (Å²) in [6, 6.07) is 7.34. The molecule has 1 aliphatic heterocycles. The number of halogens is 1. The van der Waals surface area contributed by atoms with E-state index in [1.165, 1.54) is 0 Å². The summed E-state index contributed by atoms with van der Waals surface area (Å²) in [5, 5.41) is 17.7. The lowest BCUT2D eigenvalue weighted by Gasteiger charge is -2.12. The van der Waals surface area contributed by atoms with E-state index in [1.807, 2.05) is 12.1 Å². The van der Waals surface area contributed by atoms with Crippen LogP contribution in [0, 0.1) is 0 Å². The molecule has 1 fully saturated rings. The van der Waals surface area contributed by atoms with Crippen LogP contribution in [0.3, 0.4) is 0 Å². The maximum atomic E-state index is 11.3. The standard InChI is InChI=1S/C14H14ClN3O3/c15-10-5-3-9(4-6-10)8-18-13(11-2-1-7-21-11)12(14(19)20)16-17-18/h3-6,11H,1-2,7-8H2,(H,19,20). The second kappa shape index (κ2) is 5.83. The number of nitrogens with zero attached hydrogens (tertiary/aromatic N) is 3. The zero-order valence-corrected chi connectivity index (χ0v) is 12.0. The summed E-state index contributed by atoms with van der Waals surface area (Å²) < 4.78 is 7.20. The van der Waals surface area contributed by atoms with Crippen LogP contribution in [0.25, 0.3) is 0 Å². The van der Waals surface area contributed by atoms with Gasteiger partial charge in [0.2, 0.25) is 0 Å². The van der Waals surface area contributed by atoms with Gasteiger partial charge in [0.15, 0.2) is 5.69 Å². The minimum absolute atomic E-state index is 0.0316. The molecule has 1 aromatic carbocycles. The highest BCUT2D eigenvalue weighted by atomic mass is 35.5. The first-order valence-corrected chi connectivity index (χ1v) is 7.05. The van der Waals surface area contributed by atoms with Crippen molar-refractivity contribution in [2.24, 2.45) is 0 Å². The van der Waals surface area contributed by atoms with Crippen LogP contribution in [0.1, 0.15) is 40.7 Å². The Bertz CT molecular complexity index is 648. The molecule has 0 aliphatic carbocycles. The summed E-state index contributed by atoms with van der Waals surface area (Å²) in [7, 11) is 0. The Balaban J connectivity index is 1.94. The number of benzene rings is 1. The van der Waals surface area contributed by atoms with Crippen molar-refractivity contribution in [1.29, 1.82) is 0 Å². The van der Waals surface area contributed by atoms with E-state index in [1.54, 1.807) is 16.8 Å². The Morgan fingerprint density at radius 3 is 2.81 bits per heavy atom. The van der Waals surface area contributed by atoms with E-state index in [9.17, 15) is 9.90 Å². The first-order chi connectivity index (χ1) is 10.1. The van der Waals surface area contributed by atoms with Gasteiger partial charge in [0, 0.05) is 11.6 Å². The minimum atomic E-state index is -1.08. The Hall–Kier alpha value is -1.92. The molecule has 1 aliphatic rings. The fourth-order valence-electron chi connectivity index (χ4n) is 2.46. The summed E-state index contributed by atoms with van der Waals surface area (Å²) >= 11 is 5.86. The quantitative estimate of drug-likeness (QED) is 0.939. The lowest BCUT2D eigenvalue weighted by molar-refractivity contribution is 0.0672. The number of carboxylic acids is 1. The molecule has 1 saturated heterocycles. The molecule has 1 atom stereocenters. The maximum Gasteiger partial charge on any atom is 0.358 e. The fourth-order valence-corrected chi connectivity index (χ4v) is 2.59. The first-order valence-electron chi connectivity index (χ1n) is 6.68. The van der Waals surface area contributed by atoms with Crippen LogP contribution in [-0.4, -0.2) is 32.7 Å². The average Bonchev–Trinajstić information content (AvgIpc) is 3.10. The Morgan fingerprint density at radius 1 is 1.43 bits per heavy atom. The third kappa shape index (κ3) is 2.91. The third-order valence-electron chi connectivity index (χ3n) is 3.46. The van der Waals surface area contributed by atoms with E-state index in [2.05, 4.69) is 10.3 Å². The zero-order chi connectivity index (χ0) is 14.8. The monoisotopic (exact) mass is 307 g/mol. The van der Waals surface area contributed by atoms with Gasteiger partial charge in [0.05, 0.1) is 6.54 Å². The molecule has 0 radical (unpaired) electrons. The molecule has 1 unspecified atom stereocenters. The number of aromatic carboxylic acids is 1. The van der Waals surface area contributed by atoms with E-state index in [0.717, 1.165) is 18.4 Å². The summed E-state index contributed by atoms with van der Waals surface area (Å²) in [6.07, 6.45) is 1.45. The van der Waals surface area contributed by atoms with E-state index in [-0.39, 0.29) is 11.8 Å². The van der Waals surface area contributed by atoms with Gasteiger partial charge in [-0.1, -0.05) is 28.9 Å². The van der Waals surface area contributed by atoms with Crippen molar-refractivity contribution in [1.82, 2.24) is 15.0 Å². The third-order valence-corrected chi connectivity index (χ3v) is 3.71. The summed E-state index contributed by atoms with van der Waals surface area (Å²) in [6.45, 7) is 1.07. The van der Waals surface area contributed by atoms with Crippen LogP contribution in [0.2, 0.25) is 5.02 Å². The molecule has 7 heteroatoms. The topological polar surface area (TPSA) is 77.2 Å². The van der Waals surface area contributed by atoms with Crippen LogP contribution in [0.15, 0.2) is 24.3 Å². The average molecular weight is 308 g/mol. The van der Waals surface area contributed by atoms with Crippen LogP contribution < -0.4 is 0 Å². The molecule has 2 heterocycles. The summed E-state index contributed by atoms with van der Waals surface area (Å²) in [5.74, 6) is -1.08. The second-order valence-corrected chi connectivity index (χ2v) is 5.35. The highest BCUT2D eigenvalue weighted by Gasteiger charge is 2.29. The van der Waals surface area contributed by atoms with Gasteiger partial charge in [-0.3, -0.25) is 0 Å². The van der Waals surface area contributed by atoms with Crippen molar-refractivity contribution in [3.8, 4) is 0 Å². The minimum Gasteiger partial charge on any atom is -0.476 e. The molecule has 110 valence electrons. The highest BCUT2D eigenvalue weighted by molar-refractivity contribution is 6.30. The lowest BCUT2D eigenvalue weighted by atomic mass is 10.1. The van der Waals surface area contributed by atoms with Crippen molar-refractivity contribution in [3.05, 3.63) is 46.2 Å². The molecule has 1 N–H and O–H groups in total. The fraction of sp³-hybridized carbons (Fsp3) is 0.357. The van der Waals surface area contributed by atoms with Gasteiger partial charge in [0.25, 0.3) is 0 Å². The highest BCUT2D eigenvalue weighted by Crippen LogP contribution is 2.30. The summed E-state index contributed by atoms with van der Waals surface area (Å²) in [4.78, 5) is 11.3.